The Bertz CT molecular complexity index is 1150. The maximum Gasteiger partial charge on any atom is 0.251 e. The number of aromatic nitrogens is 1. The van der Waals surface area contributed by atoms with E-state index in [0.29, 0.717) is 36.3 Å². The van der Waals surface area contributed by atoms with Crippen molar-refractivity contribution >= 4 is 5.91 Å². The van der Waals surface area contributed by atoms with E-state index in [2.05, 4.69) is 40.6 Å². The van der Waals surface area contributed by atoms with Gasteiger partial charge in [-0.15, -0.1) is 0 Å². The van der Waals surface area contributed by atoms with Gasteiger partial charge in [-0.25, -0.2) is 0 Å². The van der Waals surface area contributed by atoms with E-state index in [1.807, 2.05) is 19.9 Å². The summed E-state index contributed by atoms with van der Waals surface area (Å²) in [6, 6.07) is 14.2. The van der Waals surface area contributed by atoms with Crippen LogP contribution in [0.4, 0.5) is 0 Å². The molecule has 3 aromatic rings. The zero-order valence-electron chi connectivity index (χ0n) is 21.8. The summed E-state index contributed by atoms with van der Waals surface area (Å²) >= 11 is 0. The molecule has 1 heterocycles. The van der Waals surface area contributed by atoms with Crippen LogP contribution in [0.25, 0.3) is 0 Å². The van der Waals surface area contributed by atoms with Crippen molar-refractivity contribution < 1.29 is 18.8 Å². The van der Waals surface area contributed by atoms with Crippen LogP contribution in [-0.2, 0) is 19.7 Å². The van der Waals surface area contributed by atoms with Crippen LogP contribution in [0.3, 0.4) is 0 Å². The molecule has 1 fully saturated rings. The van der Waals surface area contributed by atoms with Crippen molar-refractivity contribution in [2.24, 2.45) is 0 Å². The van der Waals surface area contributed by atoms with Crippen molar-refractivity contribution in [1.29, 1.82) is 0 Å². The van der Waals surface area contributed by atoms with E-state index < -0.39 is 0 Å². The number of hydrogen-bond acceptors (Lipinski definition) is 6. The summed E-state index contributed by atoms with van der Waals surface area (Å²) in [5, 5.41) is 7.03. The molecule has 0 saturated heterocycles. The molecule has 1 N–H and O–H groups in total. The average Bonchev–Trinajstić information content (AvgIpc) is 3.23. The molecule has 7 nitrogen and oxygen atoms in total. The maximum absolute atomic E-state index is 13.0. The van der Waals surface area contributed by atoms with Crippen LogP contribution in [-0.4, -0.2) is 36.2 Å². The van der Waals surface area contributed by atoms with Gasteiger partial charge in [-0.1, -0.05) is 48.7 Å². The molecule has 1 aromatic heterocycles. The van der Waals surface area contributed by atoms with Gasteiger partial charge in [0.1, 0.15) is 12.4 Å². The number of nitrogens with zero attached hydrogens (tertiary/aromatic N) is 2. The quantitative estimate of drug-likeness (QED) is 0.399. The van der Waals surface area contributed by atoms with Gasteiger partial charge in [0.25, 0.3) is 5.91 Å². The van der Waals surface area contributed by atoms with Gasteiger partial charge in [0.15, 0.2) is 11.5 Å². The van der Waals surface area contributed by atoms with Crippen LogP contribution in [0.5, 0.6) is 11.5 Å². The van der Waals surface area contributed by atoms with Crippen molar-refractivity contribution in [3.05, 3.63) is 76.2 Å². The van der Waals surface area contributed by atoms with Gasteiger partial charge in [-0.2, -0.15) is 0 Å². The molecule has 36 heavy (non-hydrogen) atoms. The first-order chi connectivity index (χ1) is 17.5. The van der Waals surface area contributed by atoms with E-state index >= 15 is 0 Å². The van der Waals surface area contributed by atoms with Crippen molar-refractivity contribution in [2.45, 2.75) is 71.7 Å². The molecule has 4 rings (SSSR count). The molecule has 192 valence electrons. The smallest absolute Gasteiger partial charge is 0.251 e. The normalized spacial score (nSPS) is 14.1. The molecule has 0 radical (unpaired) electrons. The summed E-state index contributed by atoms with van der Waals surface area (Å²) in [5.74, 6) is 1.64. The van der Waals surface area contributed by atoms with Crippen LogP contribution < -0.4 is 14.8 Å². The van der Waals surface area contributed by atoms with Crippen molar-refractivity contribution in [2.75, 3.05) is 14.2 Å². The molecule has 7 heteroatoms. The van der Waals surface area contributed by atoms with Gasteiger partial charge in [-0.3, -0.25) is 9.69 Å². The number of benzene rings is 2. The van der Waals surface area contributed by atoms with Crippen LogP contribution in [0.1, 0.15) is 70.6 Å². The average molecular weight is 492 g/mol. The molecule has 1 amide bonds. The van der Waals surface area contributed by atoms with Gasteiger partial charge in [0.05, 0.1) is 18.4 Å². The Morgan fingerprint density at radius 2 is 1.83 bits per heavy atom. The third-order valence-corrected chi connectivity index (χ3v) is 7.15. The van der Waals surface area contributed by atoms with E-state index in [1.54, 1.807) is 25.3 Å². The summed E-state index contributed by atoms with van der Waals surface area (Å²) < 4.78 is 16.6. The van der Waals surface area contributed by atoms with Crippen molar-refractivity contribution in [3.63, 3.8) is 0 Å². The third kappa shape index (κ3) is 6.26. The Kier molecular flexibility index (Phi) is 8.65. The Morgan fingerprint density at radius 3 is 2.53 bits per heavy atom. The Balaban J connectivity index is 1.38. The number of hydrogen-bond donors (Lipinski definition) is 1. The molecular formula is C29H37N3O4. The van der Waals surface area contributed by atoms with E-state index in [0.717, 1.165) is 29.1 Å². The van der Waals surface area contributed by atoms with E-state index in [1.165, 1.54) is 37.7 Å². The molecule has 1 aliphatic carbocycles. The molecular weight excluding hydrogens is 454 g/mol. The predicted octanol–water partition coefficient (Wildman–Crippen LogP) is 5.57. The molecule has 2 aromatic carbocycles. The lowest BCUT2D eigenvalue weighted by Crippen LogP contribution is -2.33. The number of methoxy groups -OCH3 is 1. The summed E-state index contributed by atoms with van der Waals surface area (Å²) in [6.07, 6.45) is 6.54. The Labute approximate surface area is 213 Å². The number of carbonyl (C=O) groups excluding carboxylic acids is 1. The van der Waals surface area contributed by atoms with Gasteiger partial charge in [0.2, 0.25) is 0 Å². The second kappa shape index (κ2) is 12.1. The minimum absolute atomic E-state index is 0.152. The molecule has 0 atom stereocenters. The number of amides is 1. The first-order valence-corrected chi connectivity index (χ1v) is 12.7. The molecule has 0 spiro atoms. The second-order valence-corrected chi connectivity index (χ2v) is 9.62. The third-order valence-electron chi connectivity index (χ3n) is 7.15. The maximum atomic E-state index is 13.0. The fourth-order valence-electron chi connectivity index (χ4n) is 4.87. The number of carbonyl (C=O) groups is 1. The fourth-order valence-corrected chi connectivity index (χ4v) is 4.87. The minimum atomic E-state index is -0.152. The molecule has 1 saturated carbocycles. The Hall–Kier alpha value is -3.32. The van der Waals surface area contributed by atoms with Crippen molar-refractivity contribution in [1.82, 2.24) is 15.4 Å². The van der Waals surface area contributed by atoms with Gasteiger partial charge < -0.3 is 19.3 Å². The van der Waals surface area contributed by atoms with Crippen LogP contribution in [0.2, 0.25) is 0 Å². The van der Waals surface area contributed by atoms with Crippen molar-refractivity contribution in [3.8, 4) is 11.5 Å². The van der Waals surface area contributed by atoms with Gasteiger partial charge in [-0.05, 0) is 63.1 Å². The van der Waals surface area contributed by atoms with Gasteiger partial charge >= 0.3 is 0 Å². The van der Waals surface area contributed by atoms with E-state index in [4.69, 9.17) is 14.0 Å². The first-order valence-electron chi connectivity index (χ1n) is 12.7. The van der Waals surface area contributed by atoms with Crippen LogP contribution in [0, 0.1) is 13.8 Å². The SMILES string of the molecule is COc1cc(C(=O)NCc2ccccc2CN(C)C2CCCCC2)ccc1OCc1c(C)noc1C. The minimum Gasteiger partial charge on any atom is -0.493 e. The highest BCUT2D eigenvalue weighted by molar-refractivity contribution is 5.94. The highest BCUT2D eigenvalue weighted by Gasteiger charge is 2.19. The molecule has 0 aliphatic heterocycles. The molecule has 0 bridgehead atoms. The lowest BCUT2D eigenvalue weighted by Gasteiger charge is -2.31. The fraction of sp³-hybridized carbons (Fsp3) is 0.448. The monoisotopic (exact) mass is 491 g/mol. The zero-order valence-corrected chi connectivity index (χ0v) is 21.8. The number of nitrogens with one attached hydrogen (secondary N) is 1. The lowest BCUT2D eigenvalue weighted by molar-refractivity contribution is 0.0950. The predicted molar refractivity (Wildman–Crippen MR) is 139 cm³/mol. The first kappa shape index (κ1) is 25.8. The summed E-state index contributed by atoms with van der Waals surface area (Å²) in [5.41, 5.74) is 4.62. The standard InChI is InChI=1S/C29H37N3O4/c1-20-26(21(2)36-31-20)19-35-27-15-14-22(16-28(27)34-4)29(33)30-17-23-10-8-9-11-24(23)18-32(3)25-12-6-5-7-13-25/h8-11,14-16,25H,5-7,12-13,17-19H2,1-4H3,(H,30,33). The zero-order chi connectivity index (χ0) is 25.5. The largest absolute Gasteiger partial charge is 0.493 e. The molecule has 0 unspecified atom stereocenters. The summed E-state index contributed by atoms with van der Waals surface area (Å²) in [4.78, 5) is 15.4. The van der Waals surface area contributed by atoms with E-state index in [9.17, 15) is 4.79 Å². The second-order valence-electron chi connectivity index (χ2n) is 9.62. The lowest BCUT2D eigenvalue weighted by atomic mass is 9.94. The number of ether oxygens (including phenoxy) is 2. The topological polar surface area (TPSA) is 76.8 Å². The highest BCUT2D eigenvalue weighted by Crippen LogP contribution is 2.30. The number of rotatable bonds is 10. The highest BCUT2D eigenvalue weighted by atomic mass is 16.5. The van der Waals surface area contributed by atoms with E-state index in [-0.39, 0.29) is 5.91 Å². The number of aryl methyl sites for hydroxylation is 2. The summed E-state index contributed by atoms with van der Waals surface area (Å²) in [6.45, 7) is 5.42. The van der Waals surface area contributed by atoms with Gasteiger partial charge in [0, 0.05) is 24.7 Å². The molecule has 1 aliphatic rings. The summed E-state index contributed by atoms with van der Waals surface area (Å²) in [7, 11) is 3.78. The van der Waals surface area contributed by atoms with Crippen LogP contribution >= 0.6 is 0 Å². The van der Waals surface area contributed by atoms with Crippen LogP contribution in [0.15, 0.2) is 47.0 Å². The Morgan fingerprint density at radius 1 is 1.08 bits per heavy atom.